The number of likely N-dealkylation sites (N-methyl/N-ethyl adjacent to an activating group) is 1. The summed E-state index contributed by atoms with van der Waals surface area (Å²) >= 11 is 6.82. The highest BCUT2D eigenvalue weighted by Crippen LogP contribution is 2.28. The second-order valence-corrected chi connectivity index (χ2v) is 6.53. The van der Waals surface area contributed by atoms with Crippen LogP contribution in [0.2, 0.25) is 0 Å². The summed E-state index contributed by atoms with van der Waals surface area (Å²) in [5.74, 6) is 0.0319. The van der Waals surface area contributed by atoms with Gasteiger partial charge in [0.1, 0.15) is 10.6 Å². The number of hydrogen-bond donors (Lipinski definition) is 0. The van der Waals surface area contributed by atoms with E-state index in [4.69, 9.17) is 0 Å². The summed E-state index contributed by atoms with van der Waals surface area (Å²) in [5.41, 5.74) is 2.04. The Bertz CT molecular complexity index is 640. The minimum Gasteiger partial charge on any atom is -0.340 e. The van der Waals surface area contributed by atoms with Gasteiger partial charge in [-0.25, -0.2) is 0 Å². The predicted octanol–water partition coefficient (Wildman–Crippen LogP) is 3.94. The van der Waals surface area contributed by atoms with Gasteiger partial charge in [-0.2, -0.15) is 5.10 Å². The molecule has 21 heavy (non-hydrogen) atoms. The fourth-order valence-electron chi connectivity index (χ4n) is 2.20. The molecule has 6 heteroatoms. The van der Waals surface area contributed by atoms with Gasteiger partial charge in [0.05, 0.1) is 10.2 Å². The quantitative estimate of drug-likeness (QED) is 0.759. The highest BCUT2D eigenvalue weighted by Gasteiger charge is 2.23. The number of carbonyl (C=O) groups excluding carboxylic acids is 1. The van der Waals surface area contributed by atoms with Crippen molar-refractivity contribution >= 4 is 37.8 Å². The van der Waals surface area contributed by atoms with Crippen LogP contribution in [0.4, 0.5) is 0 Å². The first-order valence-electron chi connectivity index (χ1n) is 6.60. The molecular weight excluding hydrogens is 398 g/mol. The lowest BCUT2D eigenvalue weighted by Gasteiger charge is -2.22. The van der Waals surface area contributed by atoms with Gasteiger partial charge in [-0.15, -0.1) is 0 Å². The van der Waals surface area contributed by atoms with E-state index in [0.717, 1.165) is 15.7 Å². The minimum atomic E-state index is -0.346. The molecule has 0 bridgehead atoms. The second kappa shape index (κ2) is 6.75. The summed E-state index contributed by atoms with van der Waals surface area (Å²) in [6, 6.07) is 9.60. The summed E-state index contributed by atoms with van der Waals surface area (Å²) in [6.45, 7) is 4.39. The molecule has 0 saturated heterocycles. The second-order valence-electron chi connectivity index (χ2n) is 4.99. The molecule has 1 heterocycles. The predicted molar refractivity (Wildman–Crippen MR) is 90.0 cm³/mol. The number of hydrogen-bond acceptors (Lipinski definition) is 2. The first kappa shape index (κ1) is 16.2. The molecule has 0 aliphatic carbocycles. The van der Waals surface area contributed by atoms with E-state index in [2.05, 4.69) is 37.0 Å². The Kier molecular flexibility index (Phi) is 5.22. The van der Waals surface area contributed by atoms with Crippen LogP contribution in [0.5, 0.6) is 0 Å². The maximum Gasteiger partial charge on any atom is 0.247 e. The molecule has 1 unspecified atom stereocenters. The van der Waals surface area contributed by atoms with Gasteiger partial charge in [0, 0.05) is 13.6 Å². The number of halogens is 2. The smallest absolute Gasteiger partial charge is 0.247 e. The van der Waals surface area contributed by atoms with Crippen LogP contribution >= 0.6 is 31.9 Å². The van der Waals surface area contributed by atoms with Crippen LogP contribution in [0.3, 0.4) is 0 Å². The lowest BCUT2D eigenvalue weighted by atomic mass is 10.2. The molecule has 4 nitrogen and oxygen atoms in total. The number of aromatic nitrogens is 2. The van der Waals surface area contributed by atoms with E-state index in [1.807, 2.05) is 51.2 Å². The van der Waals surface area contributed by atoms with E-state index in [-0.39, 0.29) is 11.9 Å². The topological polar surface area (TPSA) is 38.1 Å². The molecule has 0 aliphatic rings. The van der Waals surface area contributed by atoms with Crippen molar-refractivity contribution in [3.05, 3.63) is 50.7 Å². The fraction of sp³-hybridized carbons (Fsp3) is 0.333. The van der Waals surface area contributed by atoms with Crippen LogP contribution in [-0.4, -0.2) is 27.6 Å². The highest BCUT2D eigenvalue weighted by molar-refractivity contribution is 9.13. The molecule has 0 aliphatic heterocycles. The van der Waals surface area contributed by atoms with Crippen molar-refractivity contribution in [3.63, 3.8) is 0 Å². The third kappa shape index (κ3) is 3.55. The summed E-state index contributed by atoms with van der Waals surface area (Å²) in [5, 5.41) is 4.36. The molecule has 2 rings (SSSR count). The molecule has 0 fully saturated rings. The van der Waals surface area contributed by atoms with Gasteiger partial charge < -0.3 is 4.90 Å². The van der Waals surface area contributed by atoms with Crippen LogP contribution < -0.4 is 0 Å². The van der Waals surface area contributed by atoms with E-state index in [1.54, 1.807) is 9.58 Å². The molecule has 0 N–H and O–H groups in total. The third-order valence-corrected chi connectivity index (χ3v) is 5.44. The first-order chi connectivity index (χ1) is 9.91. The van der Waals surface area contributed by atoms with Gasteiger partial charge in [-0.1, -0.05) is 30.3 Å². The minimum absolute atomic E-state index is 0.0319. The number of benzene rings is 1. The van der Waals surface area contributed by atoms with Crippen molar-refractivity contribution in [1.29, 1.82) is 0 Å². The van der Waals surface area contributed by atoms with E-state index in [0.29, 0.717) is 11.1 Å². The zero-order chi connectivity index (χ0) is 15.6. The normalized spacial score (nSPS) is 12.2. The summed E-state index contributed by atoms with van der Waals surface area (Å²) < 4.78 is 3.33. The molecule has 1 aromatic carbocycles. The number of amides is 1. The Morgan fingerprint density at radius 1 is 1.33 bits per heavy atom. The van der Waals surface area contributed by atoms with Crippen LogP contribution in [0.25, 0.3) is 0 Å². The van der Waals surface area contributed by atoms with Crippen LogP contribution in [0.15, 0.2) is 39.4 Å². The summed E-state index contributed by atoms with van der Waals surface area (Å²) in [6.07, 6.45) is 0. The molecule has 1 amide bonds. The Hall–Kier alpha value is -1.14. The monoisotopic (exact) mass is 413 g/mol. The van der Waals surface area contributed by atoms with Gasteiger partial charge in [-0.05, 0) is 51.3 Å². The average molecular weight is 415 g/mol. The van der Waals surface area contributed by atoms with E-state index in [9.17, 15) is 4.79 Å². The molecule has 0 saturated carbocycles. The van der Waals surface area contributed by atoms with E-state index < -0.39 is 0 Å². The fourth-order valence-corrected chi connectivity index (χ4v) is 2.92. The van der Waals surface area contributed by atoms with Crippen molar-refractivity contribution in [2.45, 2.75) is 26.4 Å². The largest absolute Gasteiger partial charge is 0.340 e. The molecule has 2 aromatic rings. The molecular formula is C15H17Br2N3O. The van der Waals surface area contributed by atoms with E-state index >= 15 is 0 Å². The molecule has 0 spiro atoms. The van der Waals surface area contributed by atoms with Crippen molar-refractivity contribution in [1.82, 2.24) is 14.7 Å². The van der Waals surface area contributed by atoms with Crippen molar-refractivity contribution in [2.75, 3.05) is 7.05 Å². The van der Waals surface area contributed by atoms with Crippen molar-refractivity contribution in [2.24, 2.45) is 0 Å². The maximum atomic E-state index is 12.6. The Morgan fingerprint density at radius 3 is 2.48 bits per heavy atom. The third-order valence-electron chi connectivity index (χ3n) is 3.40. The van der Waals surface area contributed by atoms with Gasteiger partial charge in [0.2, 0.25) is 5.91 Å². The summed E-state index contributed by atoms with van der Waals surface area (Å²) in [7, 11) is 1.81. The zero-order valence-electron chi connectivity index (χ0n) is 12.2. The molecule has 1 atom stereocenters. The zero-order valence-corrected chi connectivity index (χ0v) is 15.3. The maximum absolute atomic E-state index is 12.6. The lowest BCUT2D eigenvalue weighted by Crippen LogP contribution is -2.33. The lowest BCUT2D eigenvalue weighted by molar-refractivity contribution is -0.133. The van der Waals surface area contributed by atoms with Crippen LogP contribution in [0, 0.1) is 6.92 Å². The van der Waals surface area contributed by atoms with Gasteiger partial charge >= 0.3 is 0 Å². The molecule has 1 aromatic heterocycles. The molecule has 112 valence electrons. The molecule has 0 radical (unpaired) electrons. The van der Waals surface area contributed by atoms with Crippen LogP contribution in [-0.2, 0) is 11.3 Å². The number of carbonyl (C=O) groups is 1. The van der Waals surface area contributed by atoms with E-state index in [1.165, 1.54) is 0 Å². The SMILES string of the molecule is Cc1c(Br)c(Br)nn1C(C)C(=O)N(C)Cc1ccccc1. The van der Waals surface area contributed by atoms with Crippen molar-refractivity contribution in [3.8, 4) is 0 Å². The van der Waals surface area contributed by atoms with Gasteiger partial charge in [0.25, 0.3) is 0 Å². The average Bonchev–Trinajstić information content (AvgIpc) is 2.74. The van der Waals surface area contributed by atoms with Crippen LogP contribution in [0.1, 0.15) is 24.2 Å². The Morgan fingerprint density at radius 2 is 1.95 bits per heavy atom. The summed E-state index contributed by atoms with van der Waals surface area (Å²) in [4.78, 5) is 14.3. The van der Waals surface area contributed by atoms with Gasteiger partial charge in [-0.3, -0.25) is 9.48 Å². The number of nitrogens with zero attached hydrogens (tertiary/aromatic N) is 3. The first-order valence-corrected chi connectivity index (χ1v) is 8.19. The number of rotatable bonds is 4. The Balaban J connectivity index is 2.13. The van der Waals surface area contributed by atoms with Crippen molar-refractivity contribution < 1.29 is 4.79 Å². The standard InChI is InChI=1S/C15H17Br2N3O/c1-10-13(16)14(17)18-20(10)11(2)15(21)19(3)9-12-7-5-4-6-8-12/h4-8,11H,9H2,1-3H3. The highest BCUT2D eigenvalue weighted by atomic mass is 79.9. The van der Waals surface area contributed by atoms with Gasteiger partial charge in [0.15, 0.2) is 0 Å². The Labute approximate surface area is 141 Å².